The molecule has 0 bridgehead atoms. The summed E-state index contributed by atoms with van der Waals surface area (Å²) in [5.41, 5.74) is 0.0364. The first kappa shape index (κ1) is 21.6. The maximum Gasteiger partial charge on any atom is 0.271 e. The minimum Gasteiger partial charge on any atom is -0.306 e. The van der Waals surface area contributed by atoms with Crippen LogP contribution in [0.5, 0.6) is 0 Å². The SMILES string of the molecule is Cc1cc(NC(=O)c2cc([N+](=O)[O-])cc(S(C)(=O)=O)c2)n(-c2ccc([N+](=O)[O-])cc2)n1. The molecule has 160 valence electrons. The first-order chi connectivity index (χ1) is 14.5. The lowest BCUT2D eigenvalue weighted by Gasteiger charge is -2.10. The molecule has 1 heterocycles. The van der Waals surface area contributed by atoms with Crippen LogP contribution in [-0.2, 0) is 9.84 Å². The highest BCUT2D eigenvalue weighted by Crippen LogP contribution is 2.24. The van der Waals surface area contributed by atoms with Gasteiger partial charge in [0.1, 0.15) is 5.82 Å². The summed E-state index contributed by atoms with van der Waals surface area (Å²) in [5.74, 6) is -0.611. The Hall–Kier alpha value is -4.13. The first-order valence-corrected chi connectivity index (χ1v) is 10.5. The number of hydrogen-bond acceptors (Lipinski definition) is 8. The number of sulfone groups is 1. The third-order valence-electron chi connectivity index (χ3n) is 4.17. The number of rotatable bonds is 6. The average Bonchev–Trinajstić information content (AvgIpc) is 3.07. The van der Waals surface area contributed by atoms with Crippen molar-refractivity contribution in [2.75, 3.05) is 11.6 Å². The molecule has 12 nitrogen and oxygen atoms in total. The normalized spacial score (nSPS) is 11.2. The fourth-order valence-electron chi connectivity index (χ4n) is 2.72. The number of aryl methyl sites for hydroxylation is 1. The van der Waals surface area contributed by atoms with Gasteiger partial charge in [-0.1, -0.05) is 0 Å². The lowest BCUT2D eigenvalue weighted by molar-refractivity contribution is -0.385. The van der Waals surface area contributed by atoms with Gasteiger partial charge in [0.05, 0.1) is 26.1 Å². The van der Waals surface area contributed by atoms with Gasteiger partial charge in [-0.05, 0) is 25.1 Å². The van der Waals surface area contributed by atoms with Gasteiger partial charge in [0.2, 0.25) is 0 Å². The van der Waals surface area contributed by atoms with Crippen LogP contribution < -0.4 is 5.32 Å². The zero-order chi connectivity index (χ0) is 22.9. The van der Waals surface area contributed by atoms with Crippen LogP contribution in [0.15, 0.2) is 53.4 Å². The van der Waals surface area contributed by atoms with Gasteiger partial charge in [0.15, 0.2) is 9.84 Å². The van der Waals surface area contributed by atoms with Crippen molar-refractivity contribution in [1.29, 1.82) is 0 Å². The molecule has 0 aliphatic rings. The van der Waals surface area contributed by atoms with Crippen LogP contribution in [0.2, 0.25) is 0 Å². The van der Waals surface area contributed by atoms with Gasteiger partial charge in [0.25, 0.3) is 17.3 Å². The number of aromatic nitrogens is 2. The van der Waals surface area contributed by atoms with Crippen molar-refractivity contribution in [1.82, 2.24) is 9.78 Å². The number of non-ortho nitro benzene ring substituents is 2. The predicted octanol–water partition coefficient (Wildman–Crippen LogP) is 2.65. The quantitative estimate of drug-likeness (QED) is 0.446. The molecule has 31 heavy (non-hydrogen) atoms. The number of amides is 1. The molecule has 0 aliphatic carbocycles. The summed E-state index contributed by atoms with van der Waals surface area (Å²) >= 11 is 0. The van der Waals surface area contributed by atoms with Crippen molar-refractivity contribution in [2.45, 2.75) is 11.8 Å². The molecule has 1 aromatic heterocycles. The average molecular weight is 445 g/mol. The van der Waals surface area contributed by atoms with Crippen molar-refractivity contribution in [3.63, 3.8) is 0 Å². The minimum absolute atomic E-state index is 0.122. The molecule has 1 amide bonds. The summed E-state index contributed by atoms with van der Waals surface area (Å²) in [6.45, 7) is 1.66. The van der Waals surface area contributed by atoms with Gasteiger partial charge in [0, 0.05) is 42.2 Å². The second-order valence-electron chi connectivity index (χ2n) is 6.56. The Morgan fingerprint density at radius 2 is 1.61 bits per heavy atom. The molecule has 1 N–H and O–H groups in total. The Morgan fingerprint density at radius 1 is 1.00 bits per heavy atom. The molecule has 2 aromatic carbocycles. The summed E-state index contributed by atoms with van der Waals surface area (Å²) in [6, 6.07) is 9.82. The molecule has 0 unspecified atom stereocenters. The van der Waals surface area contributed by atoms with E-state index in [9.17, 15) is 33.4 Å². The van der Waals surface area contributed by atoms with Crippen molar-refractivity contribution in [2.24, 2.45) is 0 Å². The number of hydrogen-bond donors (Lipinski definition) is 1. The smallest absolute Gasteiger partial charge is 0.271 e. The van der Waals surface area contributed by atoms with Crippen LogP contribution in [0.25, 0.3) is 5.69 Å². The summed E-state index contributed by atoms with van der Waals surface area (Å²) in [6.07, 6.45) is 0.876. The Kier molecular flexibility index (Phi) is 5.53. The van der Waals surface area contributed by atoms with Gasteiger partial charge >= 0.3 is 0 Å². The van der Waals surface area contributed by atoms with Crippen molar-refractivity contribution >= 4 is 32.9 Å². The Morgan fingerprint density at radius 3 is 2.16 bits per heavy atom. The molecular weight excluding hydrogens is 430 g/mol. The van der Waals surface area contributed by atoms with Crippen molar-refractivity contribution < 1.29 is 23.1 Å². The lowest BCUT2D eigenvalue weighted by atomic mass is 10.2. The summed E-state index contributed by atoms with van der Waals surface area (Å²) in [4.78, 5) is 33.0. The Labute approximate surface area is 175 Å². The van der Waals surface area contributed by atoms with Crippen molar-refractivity contribution in [3.05, 3.63) is 80.0 Å². The zero-order valence-corrected chi connectivity index (χ0v) is 17.0. The van der Waals surface area contributed by atoms with E-state index < -0.39 is 31.3 Å². The molecule has 0 saturated carbocycles. The predicted molar refractivity (Wildman–Crippen MR) is 109 cm³/mol. The van der Waals surface area contributed by atoms with Crippen LogP contribution in [-0.4, -0.2) is 40.2 Å². The van der Waals surface area contributed by atoms with E-state index in [0.29, 0.717) is 11.4 Å². The standard InChI is InChI=1S/C18H15N5O7S/c1-11-7-17(21(20-11)13-3-5-14(6-4-13)22(25)26)19-18(24)12-8-15(23(27)28)10-16(9-12)31(2,29)30/h3-10H,1-2H3,(H,19,24). The largest absolute Gasteiger partial charge is 0.306 e. The topological polar surface area (TPSA) is 167 Å². The third kappa shape index (κ3) is 4.72. The van der Waals surface area contributed by atoms with E-state index in [1.54, 1.807) is 6.92 Å². The van der Waals surface area contributed by atoms with Crippen LogP contribution >= 0.6 is 0 Å². The monoisotopic (exact) mass is 445 g/mol. The summed E-state index contributed by atoms with van der Waals surface area (Å²) < 4.78 is 25.0. The highest BCUT2D eigenvalue weighted by atomic mass is 32.2. The second kappa shape index (κ2) is 7.95. The van der Waals surface area contributed by atoms with Gasteiger partial charge in [-0.25, -0.2) is 13.1 Å². The summed E-state index contributed by atoms with van der Waals surface area (Å²) in [7, 11) is -3.80. The minimum atomic E-state index is -3.80. The molecule has 3 aromatic rings. The van der Waals surface area contributed by atoms with E-state index in [4.69, 9.17) is 0 Å². The molecule has 13 heteroatoms. The molecule has 0 atom stereocenters. The van der Waals surface area contributed by atoms with E-state index in [-0.39, 0.29) is 22.0 Å². The maximum atomic E-state index is 12.7. The number of carbonyl (C=O) groups excluding carboxylic acids is 1. The fourth-order valence-corrected chi connectivity index (χ4v) is 3.40. The molecule has 0 fully saturated rings. The van der Waals surface area contributed by atoms with Gasteiger partial charge in [-0.3, -0.25) is 25.0 Å². The Bertz CT molecular complexity index is 1310. The second-order valence-corrected chi connectivity index (χ2v) is 8.57. The lowest BCUT2D eigenvalue weighted by Crippen LogP contribution is -2.16. The summed E-state index contributed by atoms with van der Waals surface area (Å²) in [5, 5.41) is 28.8. The maximum absolute atomic E-state index is 12.7. The number of carbonyl (C=O) groups is 1. The first-order valence-electron chi connectivity index (χ1n) is 8.58. The molecule has 0 saturated heterocycles. The number of anilines is 1. The molecule has 3 rings (SSSR count). The van der Waals surface area contributed by atoms with E-state index in [1.165, 1.54) is 35.0 Å². The van der Waals surface area contributed by atoms with E-state index >= 15 is 0 Å². The van der Waals surface area contributed by atoms with Crippen LogP contribution in [0.1, 0.15) is 16.1 Å². The molecular formula is C18H15N5O7S. The number of nitrogens with one attached hydrogen (secondary N) is 1. The highest BCUT2D eigenvalue weighted by molar-refractivity contribution is 7.90. The molecule has 0 aliphatic heterocycles. The third-order valence-corrected chi connectivity index (χ3v) is 5.26. The van der Waals surface area contributed by atoms with Gasteiger partial charge in [-0.2, -0.15) is 5.10 Å². The van der Waals surface area contributed by atoms with E-state index in [1.807, 2.05) is 0 Å². The number of benzene rings is 2. The fraction of sp³-hybridized carbons (Fsp3) is 0.111. The molecule has 0 spiro atoms. The highest BCUT2D eigenvalue weighted by Gasteiger charge is 2.20. The zero-order valence-electron chi connectivity index (χ0n) is 16.2. The van der Waals surface area contributed by atoms with Crippen LogP contribution in [0.3, 0.4) is 0 Å². The number of nitro groups is 2. The van der Waals surface area contributed by atoms with Gasteiger partial charge in [-0.15, -0.1) is 0 Å². The Balaban J connectivity index is 1.99. The van der Waals surface area contributed by atoms with E-state index in [0.717, 1.165) is 24.5 Å². The number of nitrogens with zero attached hydrogens (tertiary/aromatic N) is 4. The molecule has 0 radical (unpaired) electrons. The van der Waals surface area contributed by atoms with Crippen LogP contribution in [0.4, 0.5) is 17.2 Å². The van der Waals surface area contributed by atoms with Crippen molar-refractivity contribution in [3.8, 4) is 5.69 Å². The number of nitro benzene ring substituents is 2. The van der Waals surface area contributed by atoms with Crippen LogP contribution in [0, 0.1) is 27.2 Å². The van der Waals surface area contributed by atoms with Gasteiger partial charge < -0.3 is 5.32 Å². The van der Waals surface area contributed by atoms with E-state index in [2.05, 4.69) is 10.4 Å².